The first-order chi connectivity index (χ1) is 15.8. The number of piperidine rings is 1. The second-order valence-electron chi connectivity index (χ2n) is 8.84. The maximum absolute atomic E-state index is 13.7. The molecule has 0 aliphatic carbocycles. The first-order valence-electron chi connectivity index (χ1n) is 11.5. The Labute approximate surface area is 194 Å². The average molecular weight is 457 g/mol. The molecule has 0 spiro atoms. The predicted octanol–water partition coefficient (Wildman–Crippen LogP) is 4.23. The van der Waals surface area contributed by atoms with E-state index >= 15 is 0 Å². The molecule has 1 aliphatic rings. The first-order valence-corrected chi connectivity index (χ1v) is 11.5. The minimum absolute atomic E-state index is 0.0171. The summed E-state index contributed by atoms with van der Waals surface area (Å²) < 4.78 is 27.4. The SMILES string of the molecule is CC(C)CCN1CC[CH]CC1C(=O)NCc1ccc(C(=O)NCc2c(F)cccc2F)cc1. The van der Waals surface area contributed by atoms with Crippen LogP contribution < -0.4 is 10.6 Å². The van der Waals surface area contributed by atoms with Gasteiger partial charge in [-0.05, 0) is 74.5 Å². The molecule has 7 heteroatoms. The van der Waals surface area contributed by atoms with Crippen LogP contribution in [0, 0.1) is 24.0 Å². The van der Waals surface area contributed by atoms with E-state index in [2.05, 4.69) is 35.8 Å². The summed E-state index contributed by atoms with van der Waals surface area (Å²) in [6.07, 6.45) is 5.01. The molecule has 1 aliphatic heterocycles. The molecule has 1 fully saturated rings. The Hall–Kier alpha value is -2.80. The molecule has 3 rings (SSSR count). The van der Waals surface area contributed by atoms with Gasteiger partial charge in [0.2, 0.25) is 5.91 Å². The standard InChI is InChI=1S/C26H32F2N3O2/c1-18(2)13-15-31-14-4-3-8-24(31)26(33)29-16-19-9-11-20(12-10-19)25(32)30-17-21-22(27)6-5-7-23(21)28/h3,5-7,9-12,18,24H,4,8,13-17H2,1-2H3,(H,29,33)(H,30,32). The van der Waals surface area contributed by atoms with Crippen LogP contribution in [0.15, 0.2) is 42.5 Å². The summed E-state index contributed by atoms with van der Waals surface area (Å²) in [5.41, 5.74) is 1.07. The highest BCUT2D eigenvalue weighted by atomic mass is 19.1. The fourth-order valence-corrected chi connectivity index (χ4v) is 3.86. The van der Waals surface area contributed by atoms with Crippen molar-refractivity contribution in [2.24, 2.45) is 5.92 Å². The Bertz CT molecular complexity index is 927. The van der Waals surface area contributed by atoms with Crippen molar-refractivity contribution < 1.29 is 18.4 Å². The van der Waals surface area contributed by atoms with Crippen LogP contribution in [0.25, 0.3) is 0 Å². The largest absolute Gasteiger partial charge is 0.351 e. The molecule has 1 saturated heterocycles. The summed E-state index contributed by atoms with van der Waals surface area (Å²) in [5, 5.41) is 5.55. The zero-order valence-corrected chi connectivity index (χ0v) is 19.2. The van der Waals surface area contributed by atoms with E-state index in [0.717, 1.165) is 50.0 Å². The first kappa shape index (κ1) is 24.8. The highest BCUT2D eigenvalue weighted by molar-refractivity contribution is 5.94. The van der Waals surface area contributed by atoms with E-state index in [4.69, 9.17) is 0 Å². The molecule has 0 bridgehead atoms. The zero-order chi connectivity index (χ0) is 23.8. The van der Waals surface area contributed by atoms with Crippen molar-refractivity contribution in [3.63, 3.8) is 0 Å². The highest BCUT2D eigenvalue weighted by Crippen LogP contribution is 2.18. The molecule has 0 aromatic heterocycles. The monoisotopic (exact) mass is 456 g/mol. The molecule has 2 aromatic rings. The molecule has 2 amide bonds. The number of nitrogens with one attached hydrogen (secondary N) is 2. The number of amides is 2. The lowest BCUT2D eigenvalue weighted by Crippen LogP contribution is -2.49. The third kappa shape index (κ3) is 7.09. The molecule has 1 heterocycles. The van der Waals surface area contributed by atoms with Gasteiger partial charge in [-0.1, -0.05) is 32.0 Å². The van der Waals surface area contributed by atoms with E-state index in [1.807, 2.05) is 0 Å². The maximum Gasteiger partial charge on any atom is 0.251 e. The van der Waals surface area contributed by atoms with Gasteiger partial charge in [0.25, 0.3) is 5.91 Å². The molecule has 2 N–H and O–H groups in total. The van der Waals surface area contributed by atoms with Crippen molar-refractivity contribution in [1.82, 2.24) is 15.5 Å². The second-order valence-corrected chi connectivity index (χ2v) is 8.84. The van der Waals surface area contributed by atoms with Gasteiger partial charge in [0.15, 0.2) is 0 Å². The van der Waals surface area contributed by atoms with Crippen LogP contribution in [0.4, 0.5) is 8.78 Å². The molecule has 2 aromatic carbocycles. The summed E-state index contributed by atoms with van der Waals surface area (Å²) in [6.45, 7) is 6.34. The van der Waals surface area contributed by atoms with Gasteiger partial charge < -0.3 is 10.6 Å². The van der Waals surface area contributed by atoms with Gasteiger partial charge in [-0.3, -0.25) is 14.5 Å². The van der Waals surface area contributed by atoms with Gasteiger partial charge in [0.05, 0.1) is 6.04 Å². The van der Waals surface area contributed by atoms with E-state index in [9.17, 15) is 18.4 Å². The number of carbonyl (C=O) groups is 2. The Morgan fingerprint density at radius 2 is 1.73 bits per heavy atom. The number of halogens is 2. The molecular formula is C26H32F2N3O2. The Morgan fingerprint density at radius 3 is 2.39 bits per heavy atom. The zero-order valence-electron chi connectivity index (χ0n) is 19.2. The van der Waals surface area contributed by atoms with Gasteiger partial charge in [0, 0.05) is 24.2 Å². The summed E-state index contributed by atoms with van der Waals surface area (Å²) in [7, 11) is 0. The summed E-state index contributed by atoms with van der Waals surface area (Å²) in [4.78, 5) is 27.4. The summed E-state index contributed by atoms with van der Waals surface area (Å²) in [5.74, 6) is -1.20. The van der Waals surface area contributed by atoms with Crippen molar-refractivity contribution in [2.75, 3.05) is 13.1 Å². The fourth-order valence-electron chi connectivity index (χ4n) is 3.86. The topological polar surface area (TPSA) is 61.4 Å². The summed E-state index contributed by atoms with van der Waals surface area (Å²) >= 11 is 0. The Balaban J connectivity index is 1.50. The van der Waals surface area contributed by atoms with Crippen LogP contribution in [0.1, 0.15) is 54.6 Å². The number of hydrogen-bond donors (Lipinski definition) is 2. The highest BCUT2D eigenvalue weighted by Gasteiger charge is 2.28. The van der Waals surface area contributed by atoms with Crippen molar-refractivity contribution in [3.05, 3.63) is 77.2 Å². The number of carbonyl (C=O) groups excluding carboxylic acids is 2. The summed E-state index contributed by atoms with van der Waals surface area (Å²) in [6, 6.07) is 10.3. The lowest BCUT2D eigenvalue weighted by atomic mass is 9.99. The lowest BCUT2D eigenvalue weighted by molar-refractivity contribution is -0.127. The number of nitrogens with zero attached hydrogens (tertiary/aromatic N) is 1. The van der Waals surface area contributed by atoms with Crippen molar-refractivity contribution in [3.8, 4) is 0 Å². The molecule has 1 unspecified atom stereocenters. The number of rotatable bonds is 9. The van der Waals surface area contributed by atoms with Crippen molar-refractivity contribution in [1.29, 1.82) is 0 Å². The van der Waals surface area contributed by atoms with E-state index < -0.39 is 17.5 Å². The minimum atomic E-state index is -0.695. The molecular weight excluding hydrogens is 424 g/mol. The fraction of sp³-hybridized carbons (Fsp3) is 0.423. The van der Waals surface area contributed by atoms with Crippen LogP contribution >= 0.6 is 0 Å². The van der Waals surface area contributed by atoms with E-state index in [-0.39, 0.29) is 24.1 Å². The second kappa shape index (κ2) is 11.9. The maximum atomic E-state index is 13.7. The third-order valence-electron chi connectivity index (χ3n) is 5.92. The smallest absolute Gasteiger partial charge is 0.251 e. The van der Waals surface area contributed by atoms with Gasteiger partial charge in [-0.2, -0.15) is 0 Å². The normalized spacial score (nSPS) is 16.6. The molecule has 5 nitrogen and oxygen atoms in total. The predicted molar refractivity (Wildman–Crippen MR) is 124 cm³/mol. The molecule has 0 saturated carbocycles. The number of hydrogen-bond acceptors (Lipinski definition) is 3. The molecule has 33 heavy (non-hydrogen) atoms. The van der Waals surface area contributed by atoms with Crippen LogP contribution in [-0.4, -0.2) is 35.8 Å². The lowest BCUT2D eigenvalue weighted by Gasteiger charge is -2.35. The average Bonchev–Trinajstić information content (AvgIpc) is 2.81. The quantitative estimate of drug-likeness (QED) is 0.594. The van der Waals surface area contributed by atoms with Crippen LogP contribution in [0.3, 0.4) is 0 Å². The van der Waals surface area contributed by atoms with Gasteiger partial charge in [-0.25, -0.2) is 8.78 Å². The van der Waals surface area contributed by atoms with Gasteiger partial charge in [-0.15, -0.1) is 0 Å². The van der Waals surface area contributed by atoms with Gasteiger partial charge in [0.1, 0.15) is 11.6 Å². The number of benzene rings is 2. The van der Waals surface area contributed by atoms with Crippen LogP contribution in [-0.2, 0) is 17.9 Å². The molecule has 177 valence electrons. The Kier molecular flexibility index (Phi) is 8.95. The third-order valence-corrected chi connectivity index (χ3v) is 5.92. The number of likely N-dealkylation sites (tertiary alicyclic amines) is 1. The molecule has 1 radical (unpaired) electrons. The minimum Gasteiger partial charge on any atom is -0.351 e. The Morgan fingerprint density at radius 1 is 1.03 bits per heavy atom. The van der Waals surface area contributed by atoms with Crippen LogP contribution in [0.2, 0.25) is 0 Å². The van der Waals surface area contributed by atoms with E-state index in [1.165, 1.54) is 6.07 Å². The van der Waals surface area contributed by atoms with Crippen molar-refractivity contribution >= 4 is 11.8 Å². The van der Waals surface area contributed by atoms with Gasteiger partial charge >= 0.3 is 0 Å². The molecule has 1 atom stereocenters. The van der Waals surface area contributed by atoms with Crippen LogP contribution in [0.5, 0.6) is 0 Å². The van der Waals surface area contributed by atoms with Crippen molar-refractivity contribution in [2.45, 2.75) is 52.2 Å². The van der Waals surface area contributed by atoms with E-state index in [0.29, 0.717) is 18.0 Å². The van der Waals surface area contributed by atoms with E-state index in [1.54, 1.807) is 24.3 Å².